The number of nitrogens with one attached hydrogen (secondary N) is 2. The molecule has 7 nitrogen and oxygen atoms in total. The minimum absolute atomic E-state index is 0.194. The Morgan fingerprint density at radius 2 is 1.76 bits per heavy atom. The molecule has 29 heavy (non-hydrogen) atoms. The maximum absolute atomic E-state index is 12.0. The van der Waals surface area contributed by atoms with Gasteiger partial charge in [-0.3, -0.25) is 14.7 Å². The highest BCUT2D eigenvalue weighted by Gasteiger charge is 2.09. The van der Waals surface area contributed by atoms with Gasteiger partial charge in [-0.05, 0) is 61.3 Å². The van der Waals surface area contributed by atoms with Gasteiger partial charge in [0.2, 0.25) is 0 Å². The molecule has 0 aliphatic heterocycles. The van der Waals surface area contributed by atoms with Crippen molar-refractivity contribution in [2.45, 2.75) is 25.8 Å². The number of halogens is 1. The minimum Gasteiger partial charge on any atom is -0.469 e. The number of hydrogen-bond donors (Lipinski definition) is 2. The summed E-state index contributed by atoms with van der Waals surface area (Å²) in [6.07, 6.45) is 5.48. The molecule has 0 radical (unpaired) electrons. The molecule has 0 atom stereocenters. The molecule has 0 aliphatic carbocycles. The van der Waals surface area contributed by atoms with E-state index in [1.165, 1.54) is 12.7 Å². The number of carbonyl (C=O) groups is 2. The number of pyridine rings is 1. The molecule has 0 saturated heterocycles. The topological polar surface area (TPSA) is 83.6 Å². The zero-order valence-corrected chi connectivity index (χ0v) is 18.2. The first-order valence-corrected chi connectivity index (χ1v) is 10.3. The highest BCUT2D eigenvalue weighted by atomic mass is 79.9. The zero-order valence-electron chi connectivity index (χ0n) is 16.6. The Kier molecular flexibility index (Phi) is 10.2. The third-order valence-corrected chi connectivity index (χ3v) is 4.81. The van der Waals surface area contributed by atoms with Crippen LogP contribution in [0.25, 0.3) is 0 Å². The maximum Gasteiger partial charge on any atom is 0.319 e. The van der Waals surface area contributed by atoms with Crippen LogP contribution in [0.15, 0.2) is 53.3 Å². The third-order valence-electron chi connectivity index (χ3n) is 4.28. The molecule has 2 aromatic rings. The lowest BCUT2D eigenvalue weighted by atomic mass is 10.2. The third kappa shape index (κ3) is 9.54. The zero-order chi connectivity index (χ0) is 20.9. The van der Waals surface area contributed by atoms with Crippen molar-refractivity contribution in [2.75, 3.05) is 32.1 Å². The summed E-state index contributed by atoms with van der Waals surface area (Å²) in [6, 6.07) is 11.2. The number of amides is 2. The highest BCUT2D eigenvalue weighted by Crippen LogP contribution is 2.13. The fourth-order valence-electron chi connectivity index (χ4n) is 2.78. The Hall–Kier alpha value is -2.45. The molecule has 156 valence electrons. The molecule has 2 rings (SSSR count). The van der Waals surface area contributed by atoms with Crippen LogP contribution < -0.4 is 10.6 Å². The molecule has 1 aromatic carbocycles. The Morgan fingerprint density at radius 1 is 1.07 bits per heavy atom. The average molecular weight is 463 g/mol. The number of rotatable bonds is 11. The normalized spacial score (nSPS) is 10.6. The predicted octanol–water partition coefficient (Wildman–Crippen LogP) is 3.81. The number of urea groups is 1. The second kappa shape index (κ2) is 12.9. The fourth-order valence-corrected chi connectivity index (χ4v) is 3.04. The average Bonchev–Trinajstić information content (AvgIpc) is 2.73. The molecule has 0 spiro atoms. The minimum atomic E-state index is -0.223. The predicted molar refractivity (Wildman–Crippen MR) is 117 cm³/mol. The summed E-state index contributed by atoms with van der Waals surface area (Å²) >= 11 is 3.37. The van der Waals surface area contributed by atoms with Crippen molar-refractivity contribution >= 4 is 33.6 Å². The lowest BCUT2D eigenvalue weighted by Gasteiger charge is -2.22. The number of carbonyl (C=O) groups excluding carboxylic acids is 2. The van der Waals surface area contributed by atoms with Crippen molar-refractivity contribution in [1.29, 1.82) is 0 Å². The Morgan fingerprint density at radius 3 is 2.45 bits per heavy atom. The summed E-state index contributed by atoms with van der Waals surface area (Å²) in [5.74, 6) is -0.194. The lowest BCUT2D eigenvalue weighted by Crippen LogP contribution is -2.33. The number of benzene rings is 1. The number of methoxy groups -OCH3 is 1. The number of esters is 1. The molecule has 1 aromatic heterocycles. The Labute approximate surface area is 180 Å². The van der Waals surface area contributed by atoms with Crippen LogP contribution in [0.1, 0.15) is 24.8 Å². The molecule has 0 saturated carbocycles. The van der Waals surface area contributed by atoms with E-state index in [0.29, 0.717) is 13.0 Å². The molecule has 8 heteroatoms. The van der Waals surface area contributed by atoms with Gasteiger partial charge in [0.1, 0.15) is 0 Å². The highest BCUT2D eigenvalue weighted by molar-refractivity contribution is 9.10. The van der Waals surface area contributed by atoms with Crippen LogP contribution in [-0.4, -0.2) is 48.6 Å². The monoisotopic (exact) mass is 462 g/mol. The van der Waals surface area contributed by atoms with E-state index < -0.39 is 0 Å². The quantitative estimate of drug-likeness (QED) is 0.391. The molecular weight excluding hydrogens is 436 g/mol. The summed E-state index contributed by atoms with van der Waals surface area (Å²) in [4.78, 5) is 29.7. The summed E-state index contributed by atoms with van der Waals surface area (Å²) in [6.45, 7) is 2.92. The van der Waals surface area contributed by atoms with E-state index in [-0.39, 0.29) is 12.0 Å². The van der Waals surface area contributed by atoms with Crippen LogP contribution in [0.5, 0.6) is 0 Å². The molecule has 0 unspecified atom stereocenters. The van der Waals surface area contributed by atoms with Crippen LogP contribution in [0, 0.1) is 0 Å². The largest absolute Gasteiger partial charge is 0.469 e. The van der Waals surface area contributed by atoms with Gasteiger partial charge in [-0.2, -0.15) is 0 Å². The number of aromatic nitrogens is 1. The second-order valence-electron chi connectivity index (χ2n) is 6.55. The summed E-state index contributed by atoms with van der Waals surface area (Å²) < 4.78 is 5.67. The van der Waals surface area contributed by atoms with Crippen molar-refractivity contribution in [1.82, 2.24) is 15.2 Å². The van der Waals surface area contributed by atoms with Gasteiger partial charge in [0.25, 0.3) is 0 Å². The van der Waals surface area contributed by atoms with Crippen molar-refractivity contribution in [3.05, 3.63) is 58.8 Å². The van der Waals surface area contributed by atoms with Gasteiger partial charge < -0.3 is 15.4 Å². The summed E-state index contributed by atoms with van der Waals surface area (Å²) in [5.41, 5.74) is 1.91. The molecule has 0 aliphatic rings. The van der Waals surface area contributed by atoms with E-state index in [1.807, 2.05) is 36.4 Å². The lowest BCUT2D eigenvalue weighted by molar-refractivity contribution is -0.140. The number of nitrogens with zero attached hydrogens (tertiary/aromatic N) is 2. The van der Waals surface area contributed by atoms with E-state index in [9.17, 15) is 9.59 Å². The van der Waals surface area contributed by atoms with E-state index in [0.717, 1.165) is 42.6 Å². The summed E-state index contributed by atoms with van der Waals surface area (Å²) in [5, 5.41) is 5.68. The number of ether oxygens (including phenoxy) is 1. The van der Waals surface area contributed by atoms with Gasteiger partial charge in [-0.15, -0.1) is 0 Å². The summed E-state index contributed by atoms with van der Waals surface area (Å²) in [7, 11) is 1.40. The van der Waals surface area contributed by atoms with Crippen LogP contribution in [0.2, 0.25) is 0 Å². The van der Waals surface area contributed by atoms with E-state index in [1.54, 1.807) is 12.4 Å². The van der Waals surface area contributed by atoms with Gasteiger partial charge in [0, 0.05) is 48.6 Å². The molecular formula is C21H27BrN4O3. The fraction of sp³-hybridized carbons (Fsp3) is 0.381. The van der Waals surface area contributed by atoms with E-state index in [2.05, 4.69) is 36.4 Å². The van der Waals surface area contributed by atoms with E-state index in [4.69, 9.17) is 4.74 Å². The Balaban J connectivity index is 1.74. The molecule has 2 amide bonds. The van der Waals surface area contributed by atoms with Crippen molar-refractivity contribution in [3.63, 3.8) is 0 Å². The molecule has 1 heterocycles. The number of anilines is 1. The number of hydrogen-bond acceptors (Lipinski definition) is 5. The Bertz CT molecular complexity index is 756. The molecule has 0 fully saturated rings. The van der Waals surface area contributed by atoms with Crippen molar-refractivity contribution in [2.24, 2.45) is 0 Å². The van der Waals surface area contributed by atoms with Gasteiger partial charge in [-0.25, -0.2) is 4.79 Å². The van der Waals surface area contributed by atoms with Crippen LogP contribution in [0.4, 0.5) is 10.5 Å². The van der Waals surface area contributed by atoms with E-state index >= 15 is 0 Å². The SMILES string of the molecule is COC(=O)CCCN(CCCNC(=O)Nc1ccc(Br)cc1)Cc1ccncc1. The molecule has 2 N–H and O–H groups in total. The van der Waals surface area contributed by atoms with Gasteiger partial charge in [-0.1, -0.05) is 15.9 Å². The van der Waals surface area contributed by atoms with Gasteiger partial charge in [0.05, 0.1) is 7.11 Å². The van der Waals surface area contributed by atoms with Crippen molar-refractivity contribution in [3.8, 4) is 0 Å². The first-order chi connectivity index (χ1) is 14.1. The van der Waals surface area contributed by atoms with Crippen molar-refractivity contribution < 1.29 is 14.3 Å². The smallest absolute Gasteiger partial charge is 0.319 e. The standard InChI is InChI=1S/C21H27BrN4O3/c1-29-20(27)4-2-14-26(16-17-9-12-23-13-10-17)15-3-11-24-21(28)25-19-7-5-18(22)6-8-19/h5-10,12-13H,2-4,11,14-16H2,1H3,(H2,24,25,28). The van der Waals surface area contributed by atoms with Crippen LogP contribution in [-0.2, 0) is 16.1 Å². The molecule has 0 bridgehead atoms. The second-order valence-corrected chi connectivity index (χ2v) is 7.47. The van der Waals surface area contributed by atoms with Crippen LogP contribution >= 0.6 is 15.9 Å². The maximum atomic E-state index is 12.0. The van der Waals surface area contributed by atoms with Gasteiger partial charge >= 0.3 is 12.0 Å². The van der Waals surface area contributed by atoms with Crippen LogP contribution in [0.3, 0.4) is 0 Å². The first-order valence-electron chi connectivity index (χ1n) is 9.55. The first kappa shape index (κ1) is 22.8. The van der Waals surface area contributed by atoms with Gasteiger partial charge in [0.15, 0.2) is 0 Å².